The number of aromatic hydroxyl groups is 1. The van der Waals surface area contributed by atoms with E-state index in [-0.39, 0.29) is 11.7 Å². The Morgan fingerprint density at radius 2 is 1.58 bits per heavy atom. The summed E-state index contributed by atoms with van der Waals surface area (Å²) in [5.41, 5.74) is 5.24. The highest BCUT2D eigenvalue weighted by atomic mass is 16.4. The van der Waals surface area contributed by atoms with Crippen molar-refractivity contribution in [2.75, 3.05) is 32.7 Å². The molecule has 1 saturated heterocycles. The number of hydrogen-bond donors (Lipinski definition) is 4. The number of nitrogens with one attached hydrogen (secondary N) is 1. The van der Waals surface area contributed by atoms with E-state index in [1.165, 1.54) is 11.8 Å². The van der Waals surface area contributed by atoms with Gasteiger partial charge < -0.3 is 15.3 Å². The molecule has 0 unspecified atom stereocenters. The number of carbonyl (C=O) groups is 3. The van der Waals surface area contributed by atoms with Crippen molar-refractivity contribution in [3.8, 4) is 5.75 Å². The molecule has 1 aliphatic heterocycles. The Balaban J connectivity index is 0.000000550. The van der Waals surface area contributed by atoms with Gasteiger partial charge in [-0.1, -0.05) is 48.5 Å². The van der Waals surface area contributed by atoms with E-state index in [2.05, 4.69) is 51.2 Å². The average molecular weight is 523 g/mol. The molecular formula is C28H34N4O6. The number of carboxylic acid groups (broad SMARTS) is 2. The zero-order chi connectivity index (χ0) is 27.8. The number of rotatable bonds is 10. The van der Waals surface area contributed by atoms with Gasteiger partial charge in [0.15, 0.2) is 0 Å². The zero-order valence-corrected chi connectivity index (χ0v) is 21.2. The van der Waals surface area contributed by atoms with Crippen LogP contribution in [-0.4, -0.2) is 81.9 Å². The molecule has 0 aliphatic carbocycles. The summed E-state index contributed by atoms with van der Waals surface area (Å²) >= 11 is 0. The molecule has 10 nitrogen and oxygen atoms in total. The monoisotopic (exact) mass is 522 g/mol. The summed E-state index contributed by atoms with van der Waals surface area (Å²) in [5.74, 6) is -2.49. The van der Waals surface area contributed by atoms with Crippen LogP contribution in [0.4, 0.5) is 0 Å². The number of amides is 1. The Bertz CT molecular complexity index is 1120. The molecule has 1 fully saturated rings. The van der Waals surface area contributed by atoms with E-state index in [0.29, 0.717) is 30.7 Å². The molecule has 0 aromatic heterocycles. The maximum atomic E-state index is 12.3. The Hall–Kier alpha value is -4.28. The van der Waals surface area contributed by atoms with Crippen molar-refractivity contribution < 1.29 is 29.7 Å². The second-order valence-corrected chi connectivity index (χ2v) is 8.54. The van der Waals surface area contributed by atoms with Gasteiger partial charge in [0.25, 0.3) is 5.91 Å². The van der Waals surface area contributed by atoms with Gasteiger partial charge in [0, 0.05) is 37.3 Å². The number of hydrogen-bond acceptors (Lipinski definition) is 7. The first kappa shape index (κ1) is 29.9. The van der Waals surface area contributed by atoms with Crippen molar-refractivity contribution in [2.24, 2.45) is 5.10 Å². The summed E-state index contributed by atoms with van der Waals surface area (Å²) in [6.45, 7) is 8.68. The number of phenols is 1. The van der Waals surface area contributed by atoms with Crippen LogP contribution >= 0.6 is 0 Å². The van der Waals surface area contributed by atoms with E-state index >= 15 is 0 Å². The molecule has 1 aliphatic rings. The van der Waals surface area contributed by atoms with Gasteiger partial charge in [-0.25, -0.2) is 15.0 Å². The smallest absolute Gasteiger partial charge is 0.328 e. The molecule has 202 valence electrons. The Morgan fingerprint density at radius 1 is 0.921 bits per heavy atom. The molecule has 0 atom stereocenters. The van der Waals surface area contributed by atoms with E-state index in [0.717, 1.165) is 44.7 Å². The molecule has 2 aromatic rings. The molecule has 3 rings (SSSR count). The minimum absolute atomic E-state index is 0.149. The van der Waals surface area contributed by atoms with Gasteiger partial charge in [-0.3, -0.25) is 14.6 Å². The normalized spacial score (nSPS) is 14.4. The fourth-order valence-corrected chi connectivity index (χ4v) is 3.77. The standard InChI is InChI=1S/C24H30N4O2.C4H4O4/c1-2-8-21-11-6-12-22(24(21)30)17-25-26-23(29)19-28-14-7-13-27(15-16-28)18-20-9-4-3-5-10-20;5-3(6)1-2-4(7)8/h2-6,9-12,17,30H,1,7-8,13-16,18-19H2,(H,26,29);1-2H,(H,5,6)(H,7,8)/b25-17+;2-1+. The van der Waals surface area contributed by atoms with Crippen LogP contribution in [-0.2, 0) is 27.3 Å². The molecule has 0 radical (unpaired) electrons. The summed E-state index contributed by atoms with van der Waals surface area (Å²) in [6.07, 6.45) is 5.94. The Kier molecular flexibility index (Phi) is 13.0. The van der Waals surface area contributed by atoms with E-state index < -0.39 is 11.9 Å². The summed E-state index contributed by atoms with van der Waals surface area (Å²) < 4.78 is 0. The van der Waals surface area contributed by atoms with Gasteiger partial charge in [0.2, 0.25) is 0 Å². The highest BCUT2D eigenvalue weighted by Crippen LogP contribution is 2.21. The van der Waals surface area contributed by atoms with Crippen LogP contribution in [0.3, 0.4) is 0 Å². The third-order valence-electron chi connectivity index (χ3n) is 5.57. The van der Waals surface area contributed by atoms with Gasteiger partial charge >= 0.3 is 11.9 Å². The van der Waals surface area contributed by atoms with Crippen LogP contribution in [0.2, 0.25) is 0 Å². The average Bonchev–Trinajstić information content (AvgIpc) is 3.11. The lowest BCUT2D eigenvalue weighted by molar-refractivity contribution is -0.134. The minimum Gasteiger partial charge on any atom is -0.507 e. The molecule has 10 heteroatoms. The maximum Gasteiger partial charge on any atom is 0.328 e. The predicted molar refractivity (Wildman–Crippen MR) is 145 cm³/mol. The number of benzene rings is 2. The lowest BCUT2D eigenvalue weighted by atomic mass is 10.1. The van der Waals surface area contributed by atoms with E-state index in [4.69, 9.17) is 10.2 Å². The second kappa shape index (κ2) is 16.5. The summed E-state index contributed by atoms with van der Waals surface area (Å²) in [4.78, 5) is 36.0. The summed E-state index contributed by atoms with van der Waals surface area (Å²) in [5, 5.41) is 29.9. The Labute approximate surface area is 222 Å². The molecule has 0 saturated carbocycles. The van der Waals surface area contributed by atoms with Gasteiger partial charge in [0.05, 0.1) is 12.8 Å². The number of hydrazone groups is 1. The number of para-hydroxylation sites is 1. The molecule has 2 aromatic carbocycles. The first-order chi connectivity index (χ1) is 18.3. The lowest BCUT2D eigenvalue weighted by Crippen LogP contribution is -2.37. The fraction of sp³-hybridized carbons (Fsp3) is 0.286. The van der Waals surface area contributed by atoms with Crippen LogP contribution in [0.5, 0.6) is 5.75 Å². The SMILES string of the molecule is C=CCc1cccc(/C=N/NC(=O)CN2CCCN(Cc3ccccc3)CC2)c1O.O=C(O)/C=C/C(=O)O. The lowest BCUT2D eigenvalue weighted by Gasteiger charge is -2.21. The number of nitrogens with zero attached hydrogens (tertiary/aromatic N) is 3. The third kappa shape index (κ3) is 11.6. The quantitative estimate of drug-likeness (QED) is 0.161. The van der Waals surface area contributed by atoms with Crippen LogP contribution in [0, 0.1) is 0 Å². The van der Waals surface area contributed by atoms with Crippen molar-refractivity contribution in [2.45, 2.75) is 19.4 Å². The first-order valence-electron chi connectivity index (χ1n) is 12.1. The number of carbonyl (C=O) groups excluding carboxylic acids is 1. The van der Waals surface area contributed by atoms with Crippen LogP contribution < -0.4 is 5.43 Å². The molecular weight excluding hydrogens is 488 g/mol. The largest absolute Gasteiger partial charge is 0.507 e. The summed E-state index contributed by atoms with van der Waals surface area (Å²) in [7, 11) is 0. The number of aliphatic carboxylic acids is 2. The number of allylic oxidation sites excluding steroid dienone is 1. The molecule has 0 spiro atoms. The maximum absolute atomic E-state index is 12.3. The highest BCUT2D eigenvalue weighted by molar-refractivity contribution is 5.89. The Morgan fingerprint density at radius 3 is 2.24 bits per heavy atom. The first-order valence-corrected chi connectivity index (χ1v) is 12.1. The zero-order valence-electron chi connectivity index (χ0n) is 21.2. The van der Waals surface area contributed by atoms with Gasteiger partial charge in [-0.05, 0) is 43.1 Å². The third-order valence-corrected chi connectivity index (χ3v) is 5.57. The van der Waals surface area contributed by atoms with Crippen molar-refractivity contribution in [3.05, 3.63) is 90.0 Å². The van der Waals surface area contributed by atoms with Crippen molar-refractivity contribution in [3.63, 3.8) is 0 Å². The van der Waals surface area contributed by atoms with Gasteiger partial charge in [0.1, 0.15) is 5.75 Å². The van der Waals surface area contributed by atoms with Crippen LogP contribution in [0.15, 0.2) is 78.4 Å². The molecule has 0 bridgehead atoms. The molecule has 4 N–H and O–H groups in total. The predicted octanol–water partition coefficient (Wildman–Crippen LogP) is 2.49. The molecule has 38 heavy (non-hydrogen) atoms. The van der Waals surface area contributed by atoms with Crippen molar-refractivity contribution in [1.29, 1.82) is 0 Å². The van der Waals surface area contributed by atoms with E-state index in [1.807, 2.05) is 18.2 Å². The molecule has 1 heterocycles. The van der Waals surface area contributed by atoms with Gasteiger partial charge in [-0.2, -0.15) is 5.10 Å². The number of phenolic OH excluding ortho intramolecular Hbond substituents is 1. The number of carboxylic acids is 2. The van der Waals surface area contributed by atoms with Crippen molar-refractivity contribution in [1.82, 2.24) is 15.2 Å². The van der Waals surface area contributed by atoms with E-state index in [1.54, 1.807) is 12.1 Å². The fourth-order valence-electron chi connectivity index (χ4n) is 3.77. The minimum atomic E-state index is -1.26. The summed E-state index contributed by atoms with van der Waals surface area (Å²) in [6, 6.07) is 15.9. The molecule has 1 amide bonds. The van der Waals surface area contributed by atoms with Crippen LogP contribution in [0.1, 0.15) is 23.1 Å². The van der Waals surface area contributed by atoms with Crippen molar-refractivity contribution >= 4 is 24.1 Å². The topological polar surface area (TPSA) is 143 Å². The second-order valence-electron chi connectivity index (χ2n) is 8.54. The van der Waals surface area contributed by atoms with E-state index in [9.17, 15) is 19.5 Å². The highest BCUT2D eigenvalue weighted by Gasteiger charge is 2.17. The van der Waals surface area contributed by atoms with Gasteiger partial charge in [-0.15, -0.1) is 6.58 Å². The van der Waals surface area contributed by atoms with Crippen LogP contribution in [0.25, 0.3) is 0 Å².